The van der Waals surface area contributed by atoms with Crippen molar-refractivity contribution < 1.29 is 0 Å². The third-order valence-electron chi connectivity index (χ3n) is 4.42. The van der Waals surface area contributed by atoms with E-state index in [0.29, 0.717) is 5.92 Å². The topological polar surface area (TPSA) is 26.0 Å². The molecule has 0 radical (unpaired) electrons. The molecule has 0 aromatic heterocycles. The quantitative estimate of drug-likeness (QED) is 0.857. The minimum absolute atomic E-state index is 0.263. The highest BCUT2D eigenvalue weighted by molar-refractivity contribution is 6.31. The minimum atomic E-state index is 0.263. The van der Waals surface area contributed by atoms with Crippen molar-refractivity contribution in [3.63, 3.8) is 0 Å². The van der Waals surface area contributed by atoms with Gasteiger partial charge in [-0.05, 0) is 42.7 Å². The van der Waals surface area contributed by atoms with Crippen LogP contribution in [0, 0.1) is 11.8 Å². The van der Waals surface area contributed by atoms with E-state index in [9.17, 15) is 0 Å². The number of hydrogen-bond donors (Lipinski definition) is 1. The van der Waals surface area contributed by atoms with E-state index < -0.39 is 0 Å². The van der Waals surface area contributed by atoms with Gasteiger partial charge in [0, 0.05) is 11.1 Å². The van der Waals surface area contributed by atoms with Crippen LogP contribution in [0.5, 0.6) is 0 Å². The van der Waals surface area contributed by atoms with Gasteiger partial charge in [-0.25, -0.2) is 0 Å². The largest absolute Gasteiger partial charge is 0.327 e. The van der Waals surface area contributed by atoms with Gasteiger partial charge in [-0.1, -0.05) is 56.0 Å². The van der Waals surface area contributed by atoms with Crippen LogP contribution < -0.4 is 5.73 Å². The lowest BCUT2D eigenvalue weighted by molar-refractivity contribution is 0.228. The lowest BCUT2D eigenvalue weighted by Crippen LogP contribution is -2.35. The summed E-state index contributed by atoms with van der Waals surface area (Å²) in [5, 5.41) is 0.857. The van der Waals surface area contributed by atoms with Crippen molar-refractivity contribution in [2.45, 2.75) is 51.5 Å². The maximum Gasteiger partial charge on any atom is 0.0438 e. The van der Waals surface area contributed by atoms with Crippen LogP contribution in [0.15, 0.2) is 24.3 Å². The highest BCUT2D eigenvalue weighted by Crippen LogP contribution is 2.33. The fourth-order valence-electron chi connectivity index (χ4n) is 3.18. The molecule has 2 N–H and O–H groups in total. The van der Waals surface area contributed by atoms with Gasteiger partial charge in [0.1, 0.15) is 0 Å². The van der Waals surface area contributed by atoms with Gasteiger partial charge in [-0.15, -0.1) is 0 Å². The fraction of sp³-hybridized carbons (Fsp3) is 0.625. The molecule has 3 atom stereocenters. The van der Waals surface area contributed by atoms with Crippen molar-refractivity contribution >= 4 is 11.6 Å². The molecule has 1 aliphatic rings. The molecule has 1 saturated carbocycles. The standard InChI is InChI=1S/C16H24ClN/c1-2-12-6-5-8-14(10-12)16(18)11-13-7-3-4-9-15(13)17/h3-4,7,9,12,14,16H,2,5-6,8,10-11,18H2,1H3. The summed E-state index contributed by atoms with van der Waals surface area (Å²) in [6.07, 6.45) is 7.56. The molecule has 1 fully saturated rings. The molecule has 0 aliphatic heterocycles. The summed E-state index contributed by atoms with van der Waals surface area (Å²) >= 11 is 6.21. The lowest BCUT2D eigenvalue weighted by Gasteiger charge is -2.32. The summed E-state index contributed by atoms with van der Waals surface area (Å²) in [5.74, 6) is 1.57. The van der Waals surface area contributed by atoms with Gasteiger partial charge < -0.3 is 5.73 Å². The average molecular weight is 266 g/mol. The second-order valence-electron chi connectivity index (χ2n) is 5.66. The van der Waals surface area contributed by atoms with Crippen molar-refractivity contribution in [2.24, 2.45) is 17.6 Å². The molecule has 1 aromatic carbocycles. The number of halogens is 1. The zero-order valence-electron chi connectivity index (χ0n) is 11.2. The maximum atomic E-state index is 6.41. The van der Waals surface area contributed by atoms with Crippen LogP contribution >= 0.6 is 11.6 Å². The molecule has 1 aromatic rings. The lowest BCUT2D eigenvalue weighted by atomic mass is 9.76. The fourth-order valence-corrected chi connectivity index (χ4v) is 3.39. The Balaban J connectivity index is 1.95. The van der Waals surface area contributed by atoms with E-state index in [1.54, 1.807) is 0 Å². The molecule has 0 bridgehead atoms. The molecule has 2 rings (SSSR count). The Labute approximate surface area is 116 Å². The van der Waals surface area contributed by atoms with E-state index in [0.717, 1.165) is 17.4 Å². The summed E-state index contributed by atoms with van der Waals surface area (Å²) in [6, 6.07) is 8.34. The highest BCUT2D eigenvalue weighted by Gasteiger charge is 2.25. The van der Waals surface area contributed by atoms with Crippen molar-refractivity contribution in [1.29, 1.82) is 0 Å². The zero-order valence-corrected chi connectivity index (χ0v) is 12.0. The Morgan fingerprint density at radius 1 is 1.33 bits per heavy atom. The molecule has 18 heavy (non-hydrogen) atoms. The van der Waals surface area contributed by atoms with Gasteiger partial charge in [0.15, 0.2) is 0 Å². The van der Waals surface area contributed by atoms with Gasteiger partial charge in [0.2, 0.25) is 0 Å². The van der Waals surface area contributed by atoms with Crippen LogP contribution in [0.1, 0.15) is 44.6 Å². The van der Waals surface area contributed by atoms with Gasteiger partial charge in [0.05, 0.1) is 0 Å². The molecule has 0 amide bonds. The van der Waals surface area contributed by atoms with Gasteiger partial charge in [-0.2, -0.15) is 0 Å². The number of rotatable bonds is 4. The van der Waals surface area contributed by atoms with Crippen LogP contribution in [0.4, 0.5) is 0 Å². The molecule has 0 heterocycles. The van der Waals surface area contributed by atoms with Crippen LogP contribution in [0.25, 0.3) is 0 Å². The monoisotopic (exact) mass is 265 g/mol. The first-order valence-corrected chi connectivity index (χ1v) is 7.57. The maximum absolute atomic E-state index is 6.41. The minimum Gasteiger partial charge on any atom is -0.327 e. The number of hydrogen-bond acceptors (Lipinski definition) is 1. The molecule has 0 spiro atoms. The molecule has 100 valence electrons. The third kappa shape index (κ3) is 3.49. The van der Waals surface area contributed by atoms with Crippen molar-refractivity contribution in [3.05, 3.63) is 34.9 Å². The van der Waals surface area contributed by atoms with Crippen LogP contribution in [0.3, 0.4) is 0 Å². The molecular formula is C16H24ClN. The molecule has 2 heteroatoms. The second kappa shape index (κ2) is 6.58. The molecule has 0 saturated heterocycles. The van der Waals surface area contributed by atoms with E-state index in [-0.39, 0.29) is 6.04 Å². The van der Waals surface area contributed by atoms with Gasteiger partial charge >= 0.3 is 0 Å². The predicted molar refractivity (Wildman–Crippen MR) is 78.9 cm³/mol. The molecule has 3 unspecified atom stereocenters. The first-order chi connectivity index (χ1) is 8.70. The second-order valence-corrected chi connectivity index (χ2v) is 6.07. The predicted octanol–water partition coefficient (Wildman–Crippen LogP) is 4.43. The van der Waals surface area contributed by atoms with E-state index >= 15 is 0 Å². The smallest absolute Gasteiger partial charge is 0.0438 e. The van der Waals surface area contributed by atoms with Gasteiger partial charge in [-0.3, -0.25) is 0 Å². The van der Waals surface area contributed by atoms with E-state index in [1.165, 1.54) is 37.7 Å². The van der Waals surface area contributed by atoms with E-state index in [4.69, 9.17) is 17.3 Å². The van der Waals surface area contributed by atoms with E-state index in [2.05, 4.69) is 13.0 Å². The van der Waals surface area contributed by atoms with Crippen LogP contribution in [0.2, 0.25) is 5.02 Å². The van der Waals surface area contributed by atoms with Crippen molar-refractivity contribution in [2.75, 3.05) is 0 Å². The summed E-state index contributed by atoms with van der Waals surface area (Å²) in [5.41, 5.74) is 7.61. The SMILES string of the molecule is CCC1CCCC(C(N)Cc2ccccc2Cl)C1. The summed E-state index contributed by atoms with van der Waals surface area (Å²) in [6.45, 7) is 2.30. The van der Waals surface area contributed by atoms with E-state index in [1.807, 2.05) is 18.2 Å². The summed E-state index contributed by atoms with van der Waals surface area (Å²) < 4.78 is 0. The van der Waals surface area contributed by atoms with Crippen LogP contribution in [-0.4, -0.2) is 6.04 Å². The number of nitrogens with two attached hydrogens (primary N) is 1. The van der Waals surface area contributed by atoms with Crippen molar-refractivity contribution in [3.8, 4) is 0 Å². The Bertz CT molecular complexity index is 377. The Hall–Kier alpha value is -0.530. The summed E-state index contributed by atoms with van der Waals surface area (Å²) in [7, 11) is 0. The third-order valence-corrected chi connectivity index (χ3v) is 4.79. The summed E-state index contributed by atoms with van der Waals surface area (Å²) in [4.78, 5) is 0. The van der Waals surface area contributed by atoms with Crippen LogP contribution in [-0.2, 0) is 6.42 Å². The molecular weight excluding hydrogens is 242 g/mol. The average Bonchev–Trinajstić information content (AvgIpc) is 2.41. The normalized spacial score (nSPS) is 25.9. The Morgan fingerprint density at radius 2 is 2.11 bits per heavy atom. The first kappa shape index (κ1) is 13.9. The first-order valence-electron chi connectivity index (χ1n) is 7.19. The Kier molecular flexibility index (Phi) is 5.08. The van der Waals surface area contributed by atoms with Gasteiger partial charge in [0.25, 0.3) is 0 Å². The van der Waals surface area contributed by atoms with Crippen molar-refractivity contribution in [1.82, 2.24) is 0 Å². The Morgan fingerprint density at radius 3 is 2.83 bits per heavy atom. The molecule has 1 nitrogen and oxygen atoms in total. The highest BCUT2D eigenvalue weighted by atomic mass is 35.5. The zero-order chi connectivity index (χ0) is 13.0. The molecule has 1 aliphatic carbocycles. The number of benzene rings is 1.